The van der Waals surface area contributed by atoms with Gasteiger partial charge in [-0.05, 0) is 41.5 Å². The zero-order valence-electron chi connectivity index (χ0n) is 10.6. The molecule has 2 heterocycles. The van der Waals surface area contributed by atoms with E-state index in [1.807, 2.05) is 36.3 Å². The van der Waals surface area contributed by atoms with Crippen LogP contribution in [0.2, 0.25) is 0 Å². The molecule has 0 aliphatic rings. The first-order valence-electron chi connectivity index (χ1n) is 6.05. The molecule has 2 aromatic heterocycles. The summed E-state index contributed by atoms with van der Waals surface area (Å²) in [6.07, 6.45) is 6.88. The quantitative estimate of drug-likeness (QED) is 0.923. The highest BCUT2D eigenvalue weighted by Gasteiger charge is 2.15. The summed E-state index contributed by atoms with van der Waals surface area (Å²) in [7, 11) is 1.94. The van der Waals surface area contributed by atoms with Crippen molar-refractivity contribution in [2.24, 2.45) is 0 Å². The minimum atomic E-state index is 0.0868. The second-order valence-electron chi connectivity index (χ2n) is 4.16. The normalized spacial score (nSPS) is 12.6. The number of rotatable bonds is 5. The molecule has 18 heavy (non-hydrogen) atoms. The minimum Gasteiger partial charge on any atom is -0.308 e. The van der Waals surface area contributed by atoms with Crippen LogP contribution in [0.15, 0.2) is 35.2 Å². The van der Waals surface area contributed by atoms with Crippen molar-refractivity contribution in [1.82, 2.24) is 20.1 Å². The van der Waals surface area contributed by atoms with Gasteiger partial charge in [0.1, 0.15) is 0 Å². The number of aryl methyl sites for hydroxylation is 1. The lowest BCUT2D eigenvalue weighted by atomic mass is 10.1. The lowest BCUT2D eigenvalue weighted by Crippen LogP contribution is -2.18. The Labute approximate surface area is 116 Å². The summed E-state index contributed by atoms with van der Waals surface area (Å²) in [6.45, 7) is 3.09. The summed E-state index contributed by atoms with van der Waals surface area (Å²) in [5.74, 6) is 0. The van der Waals surface area contributed by atoms with Crippen molar-refractivity contribution >= 4 is 15.9 Å². The van der Waals surface area contributed by atoms with Gasteiger partial charge in [-0.3, -0.25) is 9.67 Å². The van der Waals surface area contributed by atoms with Gasteiger partial charge in [-0.1, -0.05) is 6.92 Å². The van der Waals surface area contributed by atoms with Crippen molar-refractivity contribution in [2.75, 3.05) is 7.05 Å². The molecule has 0 aliphatic heterocycles. The van der Waals surface area contributed by atoms with E-state index in [9.17, 15) is 0 Å². The van der Waals surface area contributed by atoms with E-state index in [1.54, 1.807) is 0 Å². The van der Waals surface area contributed by atoms with Crippen LogP contribution < -0.4 is 5.32 Å². The predicted molar refractivity (Wildman–Crippen MR) is 75.4 cm³/mol. The Hall–Kier alpha value is -1.20. The smallest absolute Gasteiger partial charge is 0.0779 e. The Kier molecular flexibility index (Phi) is 4.49. The molecule has 0 saturated carbocycles. The number of hydrogen-bond donors (Lipinski definition) is 1. The first-order valence-corrected chi connectivity index (χ1v) is 6.85. The lowest BCUT2D eigenvalue weighted by molar-refractivity contribution is 0.600. The monoisotopic (exact) mass is 308 g/mol. The van der Waals surface area contributed by atoms with Crippen LogP contribution in [-0.2, 0) is 6.54 Å². The molecular formula is C13H17BrN4. The second-order valence-corrected chi connectivity index (χ2v) is 5.08. The fraction of sp³-hybridized carbons (Fsp3) is 0.385. The van der Waals surface area contributed by atoms with Gasteiger partial charge in [0.25, 0.3) is 0 Å². The van der Waals surface area contributed by atoms with Crippen LogP contribution in [0.4, 0.5) is 0 Å². The highest BCUT2D eigenvalue weighted by Crippen LogP contribution is 2.20. The summed E-state index contributed by atoms with van der Waals surface area (Å²) in [4.78, 5) is 4.43. The highest BCUT2D eigenvalue weighted by atomic mass is 79.9. The van der Waals surface area contributed by atoms with Crippen molar-refractivity contribution in [3.05, 3.63) is 46.5 Å². The van der Waals surface area contributed by atoms with E-state index in [-0.39, 0.29) is 6.04 Å². The zero-order valence-corrected chi connectivity index (χ0v) is 12.2. The standard InChI is InChI=1S/C13H17BrN4/c1-3-6-18-9-10(7-17-18)13(15-2)12-5-4-11(14)8-16-12/h4-5,7-9,13,15H,3,6H2,1-2H3. The Morgan fingerprint density at radius 3 is 2.83 bits per heavy atom. The molecule has 5 heteroatoms. The summed E-state index contributed by atoms with van der Waals surface area (Å²) in [5.41, 5.74) is 2.14. The van der Waals surface area contributed by atoms with Crippen molar-refractivity contribution in [3.8, 4) is 0 Å². The van der Waals surface area contributed by atoms with Gasteiger partial charge in [0.05, 0.1) is 17.9 Å². The van der Waals surface area contributed by atoms with Crippen LogP contribution in [0, 0.1) is 0 Å². The fourth-order valence-corrected chi connectivity index (χ4v) is 2.16. The van der Waals surface area contributed by atoms with E-state index in [4.69, 9.17) is 0 Å². The first-order chi connectivity index (χ1) is 8.74. The van der Waals surface area contributed by atoms with Crippen molar-refractivity contribution < 1.29 is 0 Å². The molecule has 0 amide bonds. The van der Waals surface area contributed by atoms with E-state index in [2.05, 4.69) is 44.4 Å². The molecule has 1 N–H and O–H groups in total. The van der Waals surface area contributed by atoms with Gasteiger partial charge in [-0.15, -0.1) is 0 Å². The van der Waals surface area contributed by atoms with Gasteiger partial charge in [-0.25, -0.2) is 0 Å². The molecule has 1 atom stereocenters. The van der Waals surface area contributed by atoms with Crippen molar-refractivity contribution in [3.63, 3.8) is 0 Å². The number of halogens is 1. The Bertz CT molecular complexity index is 492. The van der Waals surface area contributed by atoms with Crippen molar-refractivity contribution in [2.45, 2.75) is 25.9 Å². The maximum Gasteiger partial charge on any atom is 0.0779 e. The topological polar surface area (TPSA) is 42.7 Å². The molecule has 2 rings (SSSR count). The number of pyridine rings is 1. The third-order valence-electron chi connectivity index (χ3n) is 2.77. The summed E-state index contributed by atoms with van der Waals surface area (Å²) < 4.78 is 2.96. The summed E-state index contributed by atoms with van der Waals surface area (Å²) in [5, 5.41) is 7.64. The van der Waals surface area contributed by atoms with E-state index >= 15 is 0 Å². The molecule has 0 radical (unpaired) electrons. The van der Waals surface area contributed by atoms with Crippen LogP contribution in [0.3, 0.4) is 0 Å². The highest BCUT2D eigenvalue weighted by molar-refractivity contribution is 9.10. The molecule has 4 nitrogen and oxygen atoms in total. The average Bonchev–Trinajstić information content (AvgIpc) is 2.82. The van der Waals surface area contributed by atoms with Crippen LogP contribution in [0.1, 0.15) is 30.6 Å². The van der Waals surface area contributed by atoms with Gasteiger partial charge in [0.2, 0.25) is 0 Å². The molecule has 0 fully saturated rings. The maximum absolute atomic E-state index is 4.43. The van der Waals surface area contributed by atoms with E-state index in [0.717, 1.165) is 28.7 Å². The van der Waals surface area contributed by atoms with E-state index in [1.165, 1.54) is 0 Å². The van der Waals surface area contributed by atoms with Crippen LogP contribution in [0.25, 0.3) is 0 Å². The van der Waals surface area contributed by atoms with Gasteiger partial charge in [0, 0.05) is 29.0 Å². The van der Waals surface area contributed by atoms with Crippen molar-refractivity contribution in [1.29, 1.82) is 0 Å². The third-order valence-corrected chi connectivity index (χ3v) is 3.24. The largest absolute Gasteiger partial charge is 0.308 e. The first kappa shape index (κ1) is 13.2. The van der Waals surface area contributed by atoms with Crippen LogP contribution >= 0.6 is 15.9 Å². The number of hydrogen-bond acceptors (Lipinski definition) is 3. The van der Waals surface area contributed by atoms with Gasteiger partial charge < -0.3 is 5.32 Å². The predicted octanol–water partition coefficient (Wildman–Crippen LogP) is 2.76. The maximum atomic E-state index is 4.43. The summed E-state index contributed by atoms with van der Waals surface area (Å²) in [6, 6.07) is 4.11. The molecular weight excluding hydrogens is 292 g/mol. The van der Waals surface area contributed by atoms with Crippen LogP contribution in [-0.4, -0.2) is 21.8 Å². The van der Waals surface area contributed by atoms with E-state index < -0.39 is 0 Å². The third kappa shape index (κ3) is 2.97. The van der Waals surface area contributed by atoms with Gasteiger partial charge >= 0.3 is 0 Å². The molecule has 0 bridgehead atoms. The summed E-state index contributed by atoms with van der Waals surface area (Å²) >= 11 is 3.40. The molecule has 96 valence electrons. The Morgan fingerprint density at radius 1 is 1.39 bits per heavy atom. The minimum absolute atomic E-state index is 0.0868. The van der Waals surface area contributed by atoms with Crippen LogP contribution in [0.5, 0.6) is 0 Å². The molecule has 2 aromatic rings. The number of nitrogens with zero attached hydrogens (tertiary/aromatic N) is 3. The Balaban J connectivity index is 2.24. The molecule has 0 saturated heterocycles. The number of aromatic nitrogens is 3. The van der Waals surface area contributed by atoms with Gasteiger partial charge in [0.15, 0.2) is 0 Å². The second kappa shape index (κ2) is 6.11. The lowest BCUT2D eigenvalue weighted by Gasteiger charge is -2.13. The molecule has 0 aliphatic carbocycles. The number of nitrogens with one attached hydrogen (secondary N) is 1. The average molecular weight is 309 g/mol. The molecule has 0 spiro atoms. The van der Waals surface area contributed by atoms with E-state index in [0.29, 0.717) is 0 Å². The van der Waals surface area contributed by atoms with Gasteiger partial charge in [-0.2, -0.15) is 5.10 Å². The fourth-order valence-electron chi connectivity index (χ4n) is 1.92. The molecule has 0 aromatic carbocycles. The zero-order chi connectivity index (χ0) is 13.0. The molecule has 1 unspecified atom stereocenters. The Morgan fingerprint density at radius 2 is 2.22 bits per heavy atom. The SMILES string of the molecule is CCCn1cc(C(NC)c2ccc(Br)cn2)cn1.